The van der Waals surface area contributed by atoms with Crippen LogP contribution in [-0.4, -0.2) is 55.0 Å². The molecule has 3 rings (SSSR count). The zero-order valence-corrected chi connectivity index (χ0v) is 15.2. The molecule has 1 aliphatic rings. The van der Waals surface area contributed by atoms with E-state index >= 15 is 0 Å². The molecule has 0 aliphatic carbocycles. The van der Waals surface area contributed by atoms with E-state index in [2.05, 4.69) is 11.0 Å². The molecule has 0 atom stereocenters. The summed E-state index contributed by atoms with van der Waals surface area (Å²) in [6, 6.07) is 16.4. The summed E-state index contributed by atoms with van der Waals surface area (Å²) in [5.41, 5.74) is 1.07. The number of hydrogen-bond donors (Lipinski definition) is 0. The Hall–Kier alpha value is -2.55. The van der Waals surface area contributed by atoms with Crippen molar-refractivity contribution in [1.29, 1.82) is 5.26 Å². The molecule has 0 unspecified atom stereocenters. The summed E-state index contributed by atoms with van der Waals surface area (Å²) in [6.45, 7) is 4.29. The fourth-order valence-corrected chi connectivity index (χ4v) is 3.12. The Morgan fingerprint density at radius 3 is 2.62 bits per heavy atom. The minimum Gasteiger partial charge on any atom is -0.491 e. The molecule has 5 nitrogen and oxygen atoms in total. The molecule has 0 bridgehead atoms. The van der Waals surface area contributed by atoms with E-state index < -0.39 is 0 Å². The zero-order chi connectivity index (χ0) is 18.4. The van der Waals surface area contributed by atoms with Crippen molar-refractivity contribution in [2.75, 3.05) is 39.3 Å². The Morgan fingerprint density at radius 1 is 1.12 bits per heavy atom. The summed E-state index contributed by atoms with van der Waals surface area (Å²) in [5, 5.41) is 9.58. The second-order valence-corrected chi connectivity index (χ2v) is 6.51. The number of carbonyl (C=O) groups is 1. The predicted molar refractivity (Wildman–Crippen MR) is 100 cm³/mol. The van der Waals surface area contributed by atoms with Gasteiger partial charge in [-0.1, -0.05) is 29.8 Å². The molecule has 2 aromatic carbocycles. The topological polar surface area (TPSA) is 56.6 Å². The fraction of sp³-hybridized carbons (Fsp3) is 0.300. The fourth-order valence-electron chi connectivity index (χ4n) is 2.93. The average Bonchev–Trinajstić information content (AvgIpc) is 2.69. The van der Waals surface area contributed by atoms with Crippen LogP contribution in [0, 0.1) is 11.3 Å². The summed E-state index contributed by atoms with van der Waals surface area (Å²) in [4.78, 5) is 16.7. The highest BCUT2D eigenvalue weighted by atomic mass is 35.5. The van der Waals surface area contributed by atoms with Gasteiger partial charge in [0, 0.05) is 38.3 Å². The maximum absolute atomic E-state index is 12.6. The lowest BCUT2D eigenvalue weighted by Crippen LogP contribution is -2.49. The Balaban J connectivity index is 1.46. The largest absolute Gasteiger partial charge is 0.491 e. The van der Waals surface area contributed by atoms with Gasteiger partial charge >= 0.3 is 0 Å². The lowest BCUT2D eigenvalue weighted by molar-refractivity contribution is 0.0620. The molecule has 0 spiro atoms. The monoisotopic (exact) mass is 369 g/mol. The minimum atomic E-state index is -0.0194. The molecule has 1 heterocycles. The van der Waals surface area contributed by atoms with Gasteiger partial charge in [-0.2, -0.15) is 5.26 Å². The summed E-state index contributed by atoms with van der Waals surface area (Å²) >= 11 is 6.08. The second kappa shape index (κ2) is 8.70. The quantitative estimate of drug-likeness (QED) is 0.812. The maximum atomic E-state index is 12.6. The molecular weight excluding hydrogens is 350 g/mol. The van der Waals surface area contributed by atoms with Gasteiger partial charge in [0.15, 0.2) is 0 Å². The third kappa shape index (κ3) is 4.54. The van der Waals surface area contributed by atoms with Gasteiger partial charge in [0.05, 0.1) is 16.7 Å². The van der Waals surface area contributed by atoms with Gasteiger partial charge in [-0.25, -0.2) is 0 Å². The lowest BCUT2D eigenvalue weighted by atomic mass is 10.1. The van der Waals surface area contributed by atoms with Gasteiger partial charge in [-0.15, -0.1) is 0 Å². The van der Waals surface area contributed by atoms with Crippen molar-refractivity contribution in [2.24, 2.45) is 0 Å². The van der Waals surface area contributed by atoms with Crippen molar-refractivity contribution < 1.29 is 9.53 Å². The molecule has 0 saturated carbocycles. The number of benzene rings is 2. The number of piperazine rings is 1. The van der Waals surface area contributed by atoms with Crippen LogP contribution >= 0.6 is 11.6 Å². The van der Waals surface area contributed by atoms with Crippen LogP contribution in [0.25, 0.3) is 0 Å². The molecule has 1 amide bonds. The summed E-state index contributed by atoms with van der Waals surface area (Å²) < 4.78 is 5.72. The number of ether oxygens (including phenoxy) is 1. The van der Waals surface area contributed by atoms with Gasteiger partial charge in [0.2, 0.25) is 0 Å². The van der Waals surface area contributed by atoms with E-state index in [0.29, 0.717) is 41.6 Å². The van der Waals surface area contributed by atoms with E-state index in [1.807, 2.05) is 29.2 Å². The molecule has 26 heavy (non-hydrogen) atoms. The van der Waals surface area contributed by atoms with E-state index in [9.17, 15) is 4.79 Å². The molecule has 0 radical (unpaired) electrons. The highest BCUT2D eigenvalue weighted by molar-refractivity contribution is 6.32. The van der Waals surface area contributed by atoms with Crippen LogP contribution in [0.2, 0.25) is 5.02 Å². The lowest BCUT2D eigenvalue weighted by Gasteiger charge is -2.34. The van der Waals surface area contributed by atoms with Gasteiger partial charge in [-0.3, -0.25) is 9.69 Å². The molecule has 1 aliphatic heterocycles. The van der Waals surface area contributed by atoms with Crippen molar-refractivity contribution >= 4 is 17.5 Å². The summed E-state index contributed by atoms with van der Waals surface area (Å²) in [6.07, 6.45) is 0. The molecule has 1 saturated heterocycles. The minimum absolute atomic E-state index is 0.0194. The Labute approximate surface area is 158 Å². The molecule has 2 aromatic rings. The third-order valence-electron chi connectivity index (χ3n) is 4.40. The van der Waals surface area contributed by atoms with E-state index in [1.54, 1.807) is 24.3 Å². The number of carbonyl (C=O) groups excluding carboxylic acids is 1. The van der Waals surface area contributed by atoms with E-state index in [1.165, 1.54) is 0 Å². The Kier molecular flexibility index (Phi) is 6.11. The average molecular weight is 370 g/mol. The van der Waals surface area contributed by atoms with E-state index in [0.717, 1.165) is 19.6 Å². The van der Waals surface area contributed by atoms with Crippen LogP contribution in [-0.2, 0) is 0 Å². The third-order valence-corrected chi connectivity index (χ3v) is 4.71. The maximum Gasteiger partial charge on any atom is 0.253 e. The van der Waals surface area contributed by atoms with Crippen molar-refractivity contribution in [3.8, 4) is 11.8 Å². The first kappa shape index (κ1) is 18.2. The molecule has 1 fully saturated rings. The Morgan fingerprint density at radius 2 is 1.88 bits per heavy atom. The van der Waals surface area contributed by atoms with Gasteiger partial charge in [0.1, 0.15) is 12.4 Å². The van der Waals surface area contributed by atoms with Crippen molar-refractivity contribution in [3.63, 3.8) is 0 Å². The predicted octanol–water partition coefficient (Wildman–Crippen LogP) is 3.05. The van der Waals surface area contributed by atoms with Crippen LogP contribution in [0.3, 0.4) is 0 Å². The normalized spacial score (nSPS) is 14.7. The highest BCUT2D eigenvalue weighted by Crippen LogP contribution is 2.23. The van der Waals surface area contributed by atoms with Crippen LogP contribution in [0.4, 0.5) is 0 Å². The molecule has 6 heteroatoms. The molecule has 0 aromatic heterocycles. The van der Waals surface area contributed by atoms with Crippen molar-refractivity contribution in [2.45, 2.75) is 0 Å². The first-order chi connectivity index (χ1) is 12.7. The summed E-state index contributed by atoms with van der Waals surface area (Å²) in [7, 11) is 0. The first-order valence-electron chi connectivity index (χ1n) is 8.56. The Bertz CT molecular complexity index is 811. The summed E-state index contributed by atoms with van der Waals surface area (Å²) in [5.74, 6) is 0.675. The smallest absolute Gasteiger partial charge is 0.253 e. The van der Waals surface area contributed by atoms with Gasteiger partial charge in [0.25, 0.3) is 5.91 Å². The number of amides is 1. The van der Waals surface area contributed by atoms with Crippen LogP contribution in [0.5, 0.6) is 5.75 Å². The van der Waals surface area contributed by atoms with Gasteiger partial charge in [-0.05, 0) is 30.3 Å². The van der Waals surface area contributed by atoms with Crippen molar-refractivity contribution in [1.82, 2.24) is 9.80 Å². The number of hydrogen-bond acceptors (Lipinski definition) is 4. The van der Waals surface area contributed by atoms with Crippen LogP contribution in [0.15, 0.2) is 48.5 Å². The SMILES string of the molecule is N#Cc1cccc(C(=O)N2CCN(CCOc3ccccc3Cl)CC2)c1. The van der Waals surface area contributed by atoms with E-state index in [-0.39, 0.29) is 5.91 Å². The van der Waals surface area contributed by atoms with Crippen molar-refractivity contribution in [3.05, 3.63) is 64.7 Å². The number of para-hydroxylation sites is 1. The first-order valence-corrected chi connectivity index (χ1v) is 8.94. The molecule has 0 N–H and O–H groups in total. The second-order valence-electron chi connectivity index (χ2n) is 6.11. The molecule has 134 valence electrons. The number of halogens is 1. The van der Waals surface area contributed by atoms with Gasteiger partial charge < -0.3 is 9.64 Å². The molecular formula is C20H20ClN3O2. The number of nitriles is 1. The number of rotatable bonds is 5. The van der Waals surface area contributed by atoms with E-state index in [4.69, 9.17) is 21.6 Å². The standard InChI is InChI=1S/C20H20ClN3O2/c21-18-6-1-2-7-19(18)26-13-12-23-8-10-24(11-9-23)20(25)17-5-3-4-16(14-17)15-22/h1-7,14H,8-13H2. The highest BCUT2D eigenvalue weighted by Gasteiger charge is 2.22. The van der Waals surface area contributed by atoms with Crippen LogP contribution < -0.4 is 4.74 Å². The van der Waals surface area contributed by atoms with Crippen LogP contribution in [0.1, 0.15) is 15.9 Å². The number of nitrogens with zero attached hydrogens (tertiary/aromatic N) is 3. The zero-order valence-electron chi connectivity index (χ0n) is 14.4.